The summed E-state index contributed by atoms with van der Waals surface area (Å²) < 4.78 is 5.09. The van der Waals surface area contributed by atoms with E-state index in [1.165, 1.54) is 0 Å². The van der Waals surface area contributed by atoms with Crippen molar-refractivity contribution in [2.24, 2.45) is 5.92 Å². The minimum atomic E-state index is -0.270. The Balaban J connectivity index is 2.11. The molecular weight excluding hydrogens is 292 g/mol. The standard InChI is InChI=1S/C17H22N4O2/c1-11(2)10-18-17-19-12(3)9-15(21-17)16(22)20-13-5-7-14(23-4)8-6-13/h5-9,11H,10H2,1-4H3,(H,20,22)(H,18,19,21). The minimum Gasteiger partial charge on any atom is -0.497 e. The highest BCUT2D eigenvalue weighted by molar-refractivity contribution is 6.03. The van der Waals surface area contributed by atoms with Crippen LogP contribution in [0.25, 0.3) is 0 Å². The fraction of sp³-hybridized carbons (Fsp3) is 0.353. The van der Waals surface area contributed by atoms with Gasteiger partial charge in [0.15, 0.2) is 0 Å². The summed E-state index contributed by atoms with van der Waals surface area (Å²) >= 11 is 0. The van der Waals surface area contributed by atoms with Crippen molar-refractivity contribution in [2.75, 3.05) is 24.3 Å². The second-order valence-corrected chi connectivity index (χ2v) is 5.68. The van der Waals surface area contributed by atoms with E-state index in [4.69, 9.17) is 4.74 Å². The van der Waals surface area contributed by atoms with Crippen molar-refractivity contribution in [1.29, 1.82) is 0 Å². The number of nitrogens with zero attached hydrogens (tertiary/aromatic N) is 2. The molecule has 1 heterocycles. The maximum Gasteiger partial charge on any atom is 0.274 e. The Kier molecular flexibility index (Phi) is 5.51. The number of hydrogen-bond acceptors (Lipinski definition) is 5. The van der Waals surface area contributed by atoms with Crippen LogP contribution >= 0.6 is 0 Å². The normalized spacial score (nSPS) is 10.5. The third-order valence-corrected chi connectivity index (χ3v) is 3.10. The molecule has 0 saturated heterocycles. The Labute approximate surface area is 136 Å². The topological polar surface area (TPSA) is 76.1 Å². The van der Waals surface area contributed by atoms with Crippen LogP contribution in [0.4, 0.5) is 11.6 Å². The first kappa shape index (κ1) is 16.7. The molecule has 23 heavy (non-hydrogen) atoms. The quantitative estimate of drug-likeness (QED) is 0.857. The van der Waals surface area contributed by atoms with Crippen molar-refractivity contribution in [2.45, 2.75) is 20.8 Å². The van der Waals surface area contributed by atoms with Crippen molar-refractivity contribution in [3.8, 4) is 5.75 Å². The number of ether oxygens (including phenoxy) is 1. The van der Waals surface area contributed by atoms with Gasteiger partial charge in [0.25, 0.3) is 5.91 Å². The molecule has 0 saturated carbocycles. The molecule has 0 radical (unpaired) electrons. The van der Waals surface area contributed by atoms with Crippen LogP contribution in [0.2, 0.25) is 0 Å². The van der Waals surface area contributed by atoms with Crippen LogP contribution in [0.1, 0.15) is 30.0 Å². The fourth-order valence-electron chi connectivity index (χ4n) is 1.93. The van der Waals surface area contributed by atoms with Gasteiger partial charge in [-0.15, -0.1) is 0 Å². The SMILES string of the molecule is COc1ccc(NC(=O)c2cc(C)nc(NCC(C)C)n2)cc1. The van der Waals surface area contributed by atoms with Gasteiger partial charge in [-0.3, -0.25) is 4.79 Å². The Morgan fingerprint density at radius 3 is 2.52 bits per heavy atom. The van der Waals surface area contributed by atoms with Crippen molar-refractivity contribution < 1.29 is 9.53 Å². The van der Waals surface area contributed by atoms with Crippen LogP contribution in [0.3, 0.4) is 0 Å². The van der Waals surface area contributed by atoms with Gasteiger partial charge in [0.2, 0.25) is 5.95 Å². The summed E-state index contributed by atoms with van der Waals surface area (Å²) in [5, 5.41) is 5.96. The lowest BCUT2D eigenvalue weighted by atomic mass is 10.2. The van der Waals surface area contributed by atoms with Crippen LogP contribution in [0.5, 0.6) is 5.75 Å². The van der Waals surface area contributed by atoms with Crippen LogP contribution in [-0.2, 0) is 0 Å². The summed E-state index contributed by atoms with van der Waals surface area (Å²) in [6, 6.07) is 8.80. The van der Waals surface area contributed by atoms with Crippen LogP contribution < -0.4 is 15.4 Å². The van der Waals surface area contributed by atoms with Gasteiger partial charge < -0.3 is 15.4 Å². The Morgan fingerprint density at radius 2 is 1.91 bits per heavy atom. The van der Waals surface area contributed by atoms with Gasteiger partial charge in [-0.1, -0.05) is 13.8 Å². The average molecular weight is 314 g/mol. The molecule has 6 heteroatoms. The molecule has 0 aliphatic carbocycles. The molecule has 0 unspecified atom stereocenters. The number of aromatic nitrogens is 2. The molecule has 1 amide bonds. The number of hydrogen-bond donors (Lipinski definition) is 2. The monoisotopic (exact) mass is 314 g/mol. The maximum atomic E-state index is 12.4. The van der Waals surface area contributed by atoms with Crippen molar-refractivity contribution in [1.82, 2.24) is 9.97 Å². The predicted molar refractivity (Wildman–Crippen MR) is 91.0 cm³/mol. The summed E-state index contributed by atoms with van der Waals surface area (Å²) in [5.41, 5.74) is 1.76. The molecule has 0 aliphatic rings. The van der Waals surface area contributed by atoms with Crippen molar-refractivity contribution in [3.63, 3.8) is 0 Å². The van der Waals surface area contributed by atoms with E-state index in [9.17, 15) is 4.79 Å². The van der Waals surface area contributed by atoms with Gasteiger partial charge in [-0.2, -0.15) is 0 Å². The highest BCUT2D eigenvalue weighted by atomic mass is 16.5. The summed E-state index contributed by atoms with van der Waals surface area (Å²) in [7, 11) is 1.60. The summed E-state index contributed by atoms with van der Waals surface area (Å²) in [4.78, 5) is 20.9. The number of carbonyl (C=O) groups is 1. The van der Waals surface area contributed by atoms with Crippen molar-refractivity contribution >= 4 is 17.5 Å². The lowest BCUT2D eigenvalue weighted by Crippen LogP contribution is -2.17. The first-order valence-electron chi connectivity index (χ1n) is 7.53. The second kappa shape index (κ2) is 7.58. The Bertz CT molecular complexity index is 669. The van der Waals surface area contributed by atoms with E-state index in [-0.39, 0.29) is 5.91 Å². The maximum absolute atomic E-state index is 12.4. The number of benzene rings is 1. The molecule has 122 valence electrons. The highest BCUT2D eigenvalue weighted by Crippen LogP contribution is 2.16. The molecule has 6 nitrogen and oxygen atoms in total. The molecule has 2 aromatic rings. The number of nitrogens with one attached hydrogen (secondary N) is 2. The minimum absolute atomic E-state index is 0.270. The van der Waals surface area contributed by atoms with Gasteiger partial charge in [0.1, 0.15) is 11.4 Å². The summed E-state index contributed by atoms with van der Waals surface area (Å²) in [6.45, 7) is 6.79. The van der Waals surface area contributed by atoms with Gasteiger partial charge >= 0.3 is 0 Å². The largest absolute Gasteiger partial charge is 0.497 e. The molecule has 0 bridgehead atoms. The number of anilines is 2. The zero-order chi connectivity index (χ0) is 16.8. The number of carbonyl (C=O) groups excluding carboxylic acids is 1. The van der Waals surface area contributed by atoms with Gasteiger partial charge in [0.05, 0.1) is 7.11 Å². The van der Waals surface area contributed by atoms with E-state index in [1.807, 2.05) is 6.92 Å². The van der Waals surface area contributed by atoms with Crippen LogP contribution in [0, 0.1) is 12.8 Å². The molecule has 1 aromatic heterocycles. The molecule has 2 N–H and O–H groups in total. The lowest BCUT2D eigenvalue weighted by molar-refractivity contribution is 0.102. The molecule has 0 fully saturated rings. The smallest absolute Gasteiger partial charge is 0.274 e. The van der Waals surface area contributed by atoms with Crippen LogP contribution in [-0.4, -0.2) is 29.5 Å². The molecule has 0 spiro atoms. The summed E-state index contributed by atoms with van der Waals surface area (Å²) in [5.74, 6) is 1.41. The Hall–Kier alpha value is -2.63. The number of aryl methyl sites for hydroxylation is 1. The van der Waals surface area contributed by atoms with Gasteiger partial charge in [0, 0.05) is 17.9 Å². The van der Waals surface area contributed by atoms with E-state index >= 15 is 0 Å². The molecule has 1 aromatic carbocycles. The van der Waals surface area contributed by atoms with E-state index in [2.05, 4.69) is 34.4 Å². The fourth-order valence-corrected chi connectivity index (χ4v) is 1.93. The first-order valence-corrected chi connectivity index (χ1v) is 7.53. The zero-order valence-corrected chi connectivity index (χ0v) is 13.9. The molecule has 0 aliphatic heterocycles. The van der Waals surface area contributed by atoms with E-state index in [1.54, 1.807) is 37.4 Å². The van der Waals surface area contributed by atoms with E-state index in [0.29, 0.717) is 23.2 Å². The highest BCUT2D eigenvalue weighted by Gasteiger charge is 2.11. The van der Waals surface area contributed by atoms with E-state index in [0.717, 1.165) is 18.0 Å². The van der Waals surface area contributed by atoms with Gasteiger partial charge in [-0.25, -0.2) is 9.97 Å². The number of rotatable bonds is 6. The Morgan fingerprint density at radius 1 is 1.22 bits per heavy atom. The number of amides is 1. The molecular formula is C17H22N4O2. The molecule has 0 atom stereocenters. The third-order valence-electron chi connectivity index (χ3n) is 3.10. The predicted octanol–water partition coefficient (Wildman–Crippen LogP) is 3.11. The van der Waals surface area contributed by atoms with E-state index < -0.39 is 0 Å². The third kappa shape index (κ3) is 4.95. The zero-order valence-electron chi connectivity index (χ0n) is 13.9. The second-order valence-electron chi connectivity index (χ2n) is 5.68. The van der Waals surface area contributed by atoms with Crippen molar-refractivity contribution in [3.05, 3.63) is 41.7 Å². The number of methoxy groups -OCH3 is 1. The van der Waals surface area contributed by atoms with Crippen LogP contribution in [0.15, 0.2) is 30.3 Å². The first-order chi connectivity index (χ1) is 11.0. The summed E-state index contributed by atoms with van der Waals surface area (Å²) in [6.07, 6.45) is 0. The average Bonchev–Trinajstić information content (AvgIpc) is 2.53. The lowest BCUT2D eigenvalue weighted by Gasteiger charge is -2.10. The van der Waals surface area contributed by atoms with Gasteiger partial charge in [-0.05, 0) is 43.2 Å². The molecule has 2 rings (SSSR count).